The predicted molar refractivity (Wildman–Crippen MR) is 118 cm³/mol. The van der Waals surface area contributed by atoms with Crippen molar-refractivity contribution in [3.8, 4) is 5.75 Å². The molecule has 0 heterocycles. The Morgan fingerprint density at radius 3 is 2.39 bits per heavy atom. The van der Waals surface area contributed by atoms with E-state index in [1.54, 1.807) is 36.4 Å². The molecule has 3 rings (SSSR count). The number of amides is 1. The van der Waals surface area contributed by atoms with Crippen LogP contribution < -0.4 is 10.2 Å². The van der Waals surface area contributed by atoms with E-state index in [-0.39, 0.29) is 30.3 Å². The molecular weight excluding hydrogens is 467 g/mol. The van der Waals surface area contributed by atoms with Crippen molar-refractivity contribution in [3.05, 3.63) is 99.3 Å². The largest absolute Gasteiger partial charge is 0.488 e. The van der Waals surface area contributed by atoms with Crippen LogP contribution in [0.3, 0.4) is 0 Å². The van der Waals surface area contributed by atoms with Crippen molar-refractivity contribution < 1.29 is 23.8 Å². The molecule has 0 saturated heterocycles. The number of carboxylic acids is 1. The normalized spacial score (nSPS) is 10.8. The number of halogens is 2. The van der Waals surface area contributed by atoms with Gasteiger partial charge in [0.25, 0.3) is 0 Å². The number of hydrogen-bond acceptors (Lipinski definition) is 4. The number of aromatic carboxylic acids is 1. The quantitative estimate of drug-likeness (QED) is 0.362. The lowest BCUT2D eigenvalue weighted by atomic mass is 10.1. The SMILES string of the molecule is O=C(Cc1ccc(F)cc1)N/N=C/c1cc(Br)ccc1OCc1ccc(C(=O)O)cc1. The van der Waals surface area contributed by atoms with E-state index < -0.39 is 5.97 Å². The summed E-state index contributed by atoms with van der Waals surface area (Å²) in [6.45, 7) is 0.235. The molecule has 3 aromatic rings. The van der Waals surface area contributed by atoms with Gasteiger partial charge in [0.2, 0.25) is 5.91 Å². The molecule has 6 nitrogen and oxygen atoms in total. The maximum absolute atomic E-state index is 12.9. The van der Waals surface area contributed by atoms with Gasteiger partial charge in [-0.25, -0.2) is 14.6 Å². The molecule has 3 aromatic carbocycles. The van der Waals surface area contributed by atoms with Crippen molar-refractivity contribution in [2.24, 2.45) is 5.10 Å². The molecular formula is C23H18BrFN2O4. The van der Waals surface area contributed by atoms with Crippen LogP contribution in [0.5, 0.6) is 5.75 Å². The van der Waals surface area contributed by atoms with E-state index in [9.17, 15) is 14.0 Å². The first kappa shape index (κ1) is 22.2. The van der Waals surface area contributed by atoms with E-state index in [1.165, 1.54) is 30.5 Å². The standard InChI is InChI=1S/C23H18BrFN2O4/c24-19-7-10-21(31-14-16-1-5-17(6-2-16)23(29)30)18(12-19)13-26-27-22(28)11-15-3-8-20(25)9-4-15/h1-10,12-13H,11,14H2,(H,27,28)(H,29,30)/b26-13+. The average molecular weight is 485 g/mol. The van der Waals surface area contributed by atoms with Gasteiger partial charge in [0.1, 0.15) is 18.2 Å². The van der Waals surface area contributed by atoms with Gasteiger partial charge in [0.05, 0.1) is 18.2 Å². The molecule has 0 aliphatic carbocycles. The summed E-state index contributed by atoms with van der Waals surface area (Å²) in [6.07, 6.45) is 1.54. The lowest BCUT2D eigenvalue weighted by molar-refractivity contribution is -0.120. The zero-order valence-corrected chi connectivity index (χ0v) is 17.8. The van der Waals surface area contributed by atoms with Gasteiger partial charge in [-0.1, -0.05) is 40.2 Å². The minimum absolute atomic E-state index is 0.0752. The van der Waals surface area contributed by atoms with Crippen LogP contribution in [0.25, 0.3) is 0 Å². The third-order valence-electron chi connectivity index (χ3n) is 4.24. The number of hydrazone groups is 1. The van der Waals surface area contributed by atoms with Crippen molar-refractivity contribution >= 4 is 34.0 Å². The molecule has 31 heavy (non-hydrogen) atoms. The van der Waals surface area contributed by atoms with Gasteiger partial charge >= 0.3 is 5.97 Å². The third kappa shape index (κ3) is 6.75. The van der Waals surface area contributed by atoms with Gasteiger partial charge in [-0.3, -0.25) is 4.79 Å². The highest BCUT2D eigenvalue weighted by molar-refractivity contribution is 9.10. The summed E-state index contributed by atoms with van der Waals surface area (Å²) in [6, 6.07) is 17.5. The van der Waals surface area contributed by atoms with Crippen LogP contribution in [-0.2, 0) is 17.8 Å². The van der Waals surface area contributed by atoms with Crippen LogP contribution in [0.1, 0.15) is 27.0 Å². The number of carbonyl (C=O) groups excluding carboxylic acids is 1. The second-order valence-electron chi connectivity index (χ2n) is 6.57. The topological polar surface area (TPSA) is 88.0 Å². The average Bonchev–Trinajstić information content (AvgIpc) is 2.75. The van der Waals surface area contributed by atoms with E-state index in [1.807, 2.05) is 6.07 Å². The van der Waals surface area contributed by atoms with E-state index in [0.29, 0.717) is 16.9 Å². The Kier molecular flexibility index (Phi) is 7.50. The Hall–Kier alpha value is -3.52. The van der Waals surface area contributed by atoms with Crippen LogP contribution in [-0.4, -0.2) is 23.2 Å². The van der Waals surface area contributed by atoms with Gasteiger partial charge in [-0.15, -0.1) is 0 Å². The fraction of sp³-hybridized carbons (Fsp3) is 0.0870. The van der Waals surface area contributed by atoms with Gasteiger partial charge < -0.3 is 9.84 Å². The van der Waals surface area contributed by atoms with Gasteiger partial charge in [0.15, 0.2) is 0 Å². The Bertz CT molecular complexity index is 1100. The zero-order chi connectivity index (χ0) is 22.2. The number of rotatable bonds is 8. The smallest absolute Gasteiger partial charge is 0.335 e. The van der Waals surface area contributed by atoms with E-state index in [4.69, 9.17) is 9.84 Å². The Morgan fingerprint density at radius 2 is 1.71 bits per heavy atom. The van der Waals surface area contributed by atoms with E-state index in [0.717, 1.165) is 10.0 Å². The molecule has 1 amide bonds. The summed E-state index contributed by atoms with van der Waals surface area (Å²) >= 11 is 3.39. The molecule has 0 atom stereocenters. The highest BCUT2D eigenvalue weighted by Crippen LogP contribution is 2.23. The first-order chi connectivity index (χ1) is 14.9. The van der Waals surface area contributed by atoms with Crippen LogP contribution in [0.4, 0.5) is 4.39 Å². The summed E-state index contributed by atoms with van der Waals surface area (Å²) in [4.78, 5) is 23.0. The second kappa shape index (κ2) is 10.5. The van der Waals surface area contributed by atoms with Crippen LogP contribution in [0, 0.1) is 5.82 Å². The fourth-order valence-corrected chi connectivity index (χ4v) is 3.04. The van der Waals surface area contributed by atoms with Crippen molar-refractivity contribution in [1.82, 2.24) is 5.43 Å². The fourth-order valence-electron chi connectivity index (χ4n) is 2.66. The Balaban J connectivity index is 1.61. The number of carbonyl (C=O) groups is 2. The zero-order valence-electron chi connectivity index (χ0n) is 16.2. The lowest BCUT2D eigenvalue weighted by Gasteiger charge is -2.10. The highest BCUT2D eigenvalue weighted by atomic mass is 79.9. The number of hydrogen-bond donors (Lipinski definition) is 2. The van der Waals surface area contributed by atoms with Crippen LogP contribution in [0.15, 0.2) is 76.3 Å². The number of benzene rings is 3. The number of nitrogens with one attached hydrogen (secondary N) is 1. The van der Waals surface area contributed by atoms with Gasteiger partial charge in [-0.2, -0.15) is 5.10 Å². The van der Waals surface area contributed by atoms with Crippen molar-refractivity contribution in [3.63, 3.8) is 0 Å². The summed E-state index contributed by atoms with van der Waals surface area (Å²) in [5.74, 6) is -1.14. The minimum Gasteiger partial charge on any atom is -0.488 e. The van der Waals surface area contributed by atoms with Crippen molar-refractivity contribution in [2.45, 2.75) is 13.0 Å². The molecule has 0 bridgehead atoms. The monoisotopic (exact) mass is 484 g/mol. The van der Waals surface area contributed by atoms with E-state index in [2.05, 4.69) is 26.5 Å². The maximum Gasteiger partial charge on any atom is 0.335 e. The Morgan fingerprint density at radius 1 is 1.03 bits per heavy atom. The molecule has 0 aliphatic heterocycles. The summed E-state index contributed by atoms with van der Waals surface area (Å²) in [5.41, 5.74) is 4.77. The molecule has 0 spiro atoms. The number of ether oxygens (including phenoxy) is 1. The van der Waals surface area contributed by atoms with Crippen molar-refractivity contribution in [1.29, 1.82) is 0 Å². The Labute approximate surface area is 186 Å². The van der Waals surface area contributed by atoms with Crippen LogP contribution in [0.2, 0.25) is 0 Å². The first-order valence-electron chi connectivity index (χ1n) is 9.21. The van der Waals surface area contributed by atoms with Gasteiger partial charge in [0, 0.05) is 10.0 Å². The lowest BCUT2D eigenvalue weighted by Crippen LogP contribution is -2.19. The molecule has 0 radical (unpaired) electrons. The van der Waals surface area contributed by atoms with Crippen molar-refractivity contribution in [2.75, 3.05) is 0 Å². The molecule has 0 saturated carbocycles. The minimum atomic E-state index is -0.986. The third-order valence-corrected chi connectivity index (χ3v) is 4.73. The second-order valence-corrected chi connectivity index (χ2v) is 7.48. The molecule has 0 aliphatic rings. The number of nitrogens with zero attached hydrogens (tertiary/aromatic N) is 1. The van der Waals surface area contributed by atoms with E-state index >= 15 is 0 Å². The molecule has 8 heteroatoms. The number of carboxylic acid groups (broad SMARTS) is 1. The maximum atomic E-state index is 12.9. The molecule has 0 unspecified atom stereocenters. The highest BCUT2D eigenvalue weighted by Gasteiger charge is 2.07. The van der Waals surface area contributed by atoms with Gasteiger partial charge in [-0.05, 0) is 53.6 Å². The summed E-state index contributed by atoms with van der Waals surface area (Å²) < 4.78 is 19.6. The molecule has 2 N–H and O–H groups in total. The van der Waals surface area contributed by atoms with Crippen LogP contribution >= 0.6 is 15.9 Å². The summed E-state index contributed by atoms with van der Waals surface area (Å²) in [5, 5.41) is 12.9. The molecule has 0 fully saturated rings. The summed E-state index contributed by atoms with van der Waals surface area (Å²) in [7, 11) is 0. The molecule has 158 valence electrons. The molecule has 0 aromatic heterocycles. The predicted octanol–water partition coefficient (Wildman–Crippen LogP) is 4.56. The first-order valence-corrected chi connectivity index (χ1v) is 10.0.